The van der Waals surface area contributed by atoms with Gasteiger partial charge in [-0.1, -0.05) is 26.0 Å². The average molecular weight is 400 g/mol. The first-order valence-electron chi connectivity index (χ1n) is 8.65. The zero-order valence-corrected chi connectivity index (χ0v) is 16.8. The molecule has 2 heterocycles. The molecule has 2 amide bonds. The molecule has 0 radical (unpaired) electrons. The summed E-state index contributed by atoms with van der Waals surface area (Å²) >= 11 is 3.19. The van der Waals surface area contributed by atoms with Crippen LogP contribution in [0, 0.1) is 5.92 Å². The fourth-order valence-corrected chi connectivity index (χ4v) is 3.86. The fourth-order valence-electron chi connectivity index (χ4n) is 2.33. The summed E-state index contributed by atoms with van der Waals surface area (Å²) in [6.45, 7) is 4.15. The van der Waals surface area contributed by atoms with Crippen LogP contribution in [0.2, 0.25) is 0 Å². The minimum absolute atomic E-state index is 0.0128. The van der Waals surface area contributed by atoms with Crippen LogP contribution in [0.5, 0.6) is 0 Å². The lowest BCUT2D eigenvalue weighted by Gasteiger charge is -2.09. The van der Waals surface area contributed by atoms with Gasteiger partial charge in [-0.2, -0.15) is 11.3 Å². The van der Waals surface area contributed by atoms with Gasteiger partial charge in [0.15, 0.2) is 0 Å². The zero-order chi connectivity index (χ0) is 19.2. The Kier molecular flexibility index (Phi) is 6.36. The predicted molar refractivity (Wildman–Crippen MR) is 111 cm³/mol. The number of thiophene rings is 1. The number of amides is 2. The maximum Gasteiger partial charge on any atom is 0.226 e. The van der Waals surface area contributed by atoms with Crippen molar-refractivity contribution in [2.45, 2.75) is 26.8 Å². The highest BCUT2D eigenvalue weighted by molar-refractivity contribution is 7.14. The Balaban J connectivity index is 1.48. The molecule has 2 N–H and O–H groups in total. The molecule has 7 heteroatoms. The van der Waals surface area contributed by atoms with Crippen LogP contribution in [0.3, 0.4) is 0 Å². The molecular weight excluding hydrogens is 378 g/mol. The normalized spacial score (nSPS) is 10.8. The van der Waals surface area contributed by atoms with Crippen LogP contribution < -0.4 is 10.6 Å². The fraction of sp³-hybridized carbons (Fsp3) is 0.250. The van der Waals surface area contributed by atoms with Crippen molar-refractivity contribution in [3.63, 3.8) is 0 Å². The van der Waals surface area contributed by atoms with Crippen molar-refractivity contribution in [3.8, 4) is 10.6 Å². The van der Waals surface area contributed by atoms with E-state index in [1.54, 1.807) is 22.7 Å². The molecule has 2 aromatic heterocycles. The van der Waals surface area contributed by atoms with Gasteiger partial charge >= 0.3 is 0 Å². The van der Waals surface area contributed by atoms with Crippen molar-refractivity contribution in [2.24, 2.45) is 5.92 Å². The lowest BCUT2D eigenvalue weighted by Crippen LogP contribution is -2.24. The first-order valence-corrected chi connectivity index (χ1v) is 10.5. The third-order valence-corrected chi connectivity index (χ3v) is 5.52. The summed E-state index contributed by atoms with van der Waals surface area (Å²) in [5.74, 6) is -0.134. The van der Waals surface area contributed by atoms with Gasteiger partial charge in [-0.3, -0.25) is 9.59 Å². The third-order valence-electron chi connectivity index (χ3n) is 3.90. The lowest BCUT2D eigenvalue weighted by atomic mass is 10.1. The van der Waals surface area contributed by atoms with Crippen LogP contribution in [-0.4, -0.2) is 16.8 Å². The van der Waals surface area contributed by atoms with Gasteiger partial charge in [-0.05, 0) is 29.1 Å². The Morgan fingerprint density at radius 3 is 2.56 bits per heavy atom. The number of benzene rings is 1. The average Bonchev–Trinajstić information content (AvgIpc) is 3.32. The van der Waals surface area contributed by atoms with E-state index in [1.165, 1.54) is 0 Å². The number of rotatable bonds is 7. The van der Waals surface area contributed by atoms with E-state index in [-0.39, 0.29) is 24.2 Å². The van der Waals surface area contributed by atoms with E-state index in [0.717, 1.165) is 27.5 Å². The summed E-state index contributed by atoms with van der Waals surface area (Å²) in [6.07, 6.45) is 0.267. The van der Waals surface area contributed by atoms with Gasteiger partial charge in [0.1, 0.15) is 5.01 Å². The molecule has 0 aliphatic heterocycles. The molecule has 3 rings (SSSR count). The van der Waals surface area contributed by atoms with Gasteiger partial charge < -0.3 is 10.6 Å². The molecule has 0 aliphatic carbocycles. The van der Waals surface area contributed by atoms with Gasteiger partial charge in [0.2, 0.25) is 11.8 Å². The van der Waals surface area contributed by atoms with Crippen LogP contribution in [0.1, 0.15) is 25.1 Å². The molecule has 0 saturated carbocycles. The summed E-state index contributed by atoms with van der Waals surface area (Å²) in [7, 11) is 0. The first-order chi connectivity index (χ1) is 13.0. The van der Waals surface area contributed by atoms with E-state index < -0.39 is 0 Å². The SMILES string of the molecule is CC(C)C(=O)Nc1ccc(CNC(=O)Cc2csc(-c3ccsc3)n2)cc1. The van der Waals surface area contributed by atoms with Crippen LogP contribution in [0.25, 0.3) is 10.6 Å². The number of nitrogens with zero attached hydrogens (tertiary/aromatic N) is 1. The standard InChI is InChI=1S/C20H21N3O2S2/c1-13(2)19(25)22-16-5-3-14(4-6-16)10-21-18(24)9-17-12-27-20(23-17)15-7-8-26-11-15/h3-8,11-13H,9-10H2,1-2H3,(H,21,24)(H,22,25). The van der Waals surface area contributed by atoms with Crippen LogP contribution >= 0.6 is 22.7 Å². The smallest absolute Gasteiger partial charge is 0.226 e. The summed E-state index contributed by atoms with van der Waals surface area (Å²) < 4.78 is 0. The van der Waals surface area contributed by atoms with Crippen molar-refractivity contribution in [2.75, 3.05) is 5.32 Å². The Bertz CT molecular complexity index is 900. The zero-order valence-electron chi connectivity index (χ0n) is 15.2. The minimum atomic E-state index is -0.0608. The highest BCUT2D eigenvalue weighted by Gasteiger charge is 2.10. The van der Waals surface area contributed by atoms with E-state index in [9.17, 15) is 9.59 Å². The topological polar surface area (TPSA) is 71.1 Å². The van der Waals surface area contributed by atoms with E-state index >= 15 is 0 Å². The Hall–Kier alpha value is -2.51. The minimum Gasteiger partial charge on any atom is -0.352 e. The van der Waals surface area contributed by atoms with Gasteiger partial charge in [-0.25, -0.2) is 4.98 Å². The number of hydrogen-bond acceptors (Lipinski definition) is 5. The highest BCUT2D eigenvalue weighted by Crippen LogP contribution is 2.25. The van der Waals surface area contributed by atoms with E-state index in [4.69, 9.17) is 0 Å². The lowest BCUT2D eigenvalue weighted by molar-refractivity contribution is -0.120. The van der Waals surface area contributed by atoms with Gasteiger partial charge in [0.05, 0.1) is 12.1 Å². The second kappa shape index (κ2) is 8.92. The number of hydrogen-bond donors (Lipinski definition) is 2. The largest absolute Gasteiger partial charge is 0.352 e. The number of carbonyl (C=O) groups excluding carboxylic acids is 2. The molecule has 0 unspecified atom stereocenters. The van der Waals surface area contributed by atoms with Crippen molar-refractivity contribution in [1.29, 1.82) is 0 Å². The van der Waals surface area contributed by atoms with E-state index in [1.807, 2.05) is 54.9 Å². The maximum atomic E-state index is 12.2. The van der Waals surface area contributed by atoms with E-state index in [2.05, 4.69) is 21.0 Å². The Morgan fingerprint density at radius 2 is 1.89 bits per heavy atom. The molecule has 0 fully saturated rings. The maximum absolute atomic E-state index is 12.2. The molecule has 0 aliphatic rings. The van der Waals surface area contributed by atoms with Crippen molar-refractivity contribution in [1.82, 2.24) is 10.3 Å². The molecule has 1 aromatic carbocycles. The second-order valence-electron chi connectivity index (χ2n) is 6.45. The molecule has 0 saturated heterocycles. The Labute approximate surface area is 166 Å². The molecule has 27 heavy (non-hydrogen) atoms. The summed E-state index contributed by atoms with van der Waals surface area (Å²) in [5, 5.41) is 12.7. The van der Waals surface area contributed by atoms with Crippen LogP contribution in [-0.2, 0) is 22.6 Å². The van der Waals surface area contributed by atoms with Gasteiger partial charge in [-0.15, -0.1) is 11.3 Å². The number of thiazole rings is 1. The Morgan fingerprint density at radius 1 is 1.11 bits per heavy atom. The van der Waals surface area contributed by atoms with Crippen molar-refractivity contribution in [3.05, 3.63) is 57.7 Å². The molecule has 0 atom stereocenters. The predicted octanol–water partition coefficient (Wildman–Crippen LogP) is 4.33. The van der Waals surface area contributed by atoms with Crippen molar-refractivity contribution >= 4 is 40.2 Å². The number of nitrogens with one attached hydrogen (secondary N) is 2. The monoisotopic (exact) mass is 399 g/mol. The van der Waals surface area contributed by atoms with Crippen LogP contribution in [0.15, 0.2) is 46.5 Å². The highest BCUT2D eigenvalue weighted by atomic mass is 32.1. The molecular formula is C20H21N3O2S2. The summed E-state index contributed by atoms with van der Waals surface area (Å²) in [5.41, 5.74) is 3.61. The second-order valence-corrected chi connectivity index (χ2v) is 8.09. The summed E-state index contributed by atoms with van der Waals surface area (Å²) in [4.78, 5) is 28.4. The van der Waals surface area contributed by atoms with Gasteiger partial charge in [0, 0.05) is 34.5 Å². The van der Waals surface area contributed by atoms with Crippen LogP contribution in [0.4, 0.5) is 5.69 Å². The third kappa shape index (κ3) is 5.48. The molecule has 0 bridgehead atoms. The summed E-state index contributed by atoms with van der Waals surface area (Å²) in [6, 6.07) is 9.51. The molecule has 0 spiro atoms. The first kappa shape index (κ1) is 19.3. The van der Waals surface area contributed by atoms with E-state index in [0.29, 0.717) is 6.54 Å². The molecule has 140 valence electrons. The quantitative estimate of drug-likeness (QED) is 0.621. The van der Waals surface area contributed by atoms with Gasteiger partial charge in [0.25, 0.3) is 0 Å². The number of aromatic nitrogens is 1. The molecule has 3 aromatic rings. The molecule has 5 nitrogen and oxygen atoms in total. The number of carbonyl (C=O) groups is 2. The number of anilines is 1. The van der Waals surface area contributed by atoms with Crippen molar-refractivity contribution < 1.29 is 9.59 Å².